The van der Waals surface area contributed by atoms with Crippen molar-refractivity contribution in [2.75, 3.05) is 19.8 Å². The summed E-state index contributed by atoms with van der Waals surface area (Å²) in [6.45, 7) is 6.91. The van der Waals surface area contributed by atoms with Crippen LogP contribution in [-0.2, 0) is 23.8 Å². The third kappa shape index (κ3) is 7.84. The first-order valence-corrected chi connectivity index (χ1v) is 7.12. The third-order valence-corrected chi connectivity index (χ3v) is 2.26. The van der Waals surface area contributed by atoms with Crippen LogP contribution in [-0.4, -0.2) is 48.4 Å². The number of aliphatic hydroxyl groups excluding tert-OH is 1. The first-order valence-electron chi connectivity index (χ1n) is 7.12. The molecule has 0 saturated carbocycles. The predicted molar refractivity (Wildman–Crippen MR) is 83.9 cm³/mol. The molecular weight excluding hydrogens is 306 g/mol. The Kier molecular flexibility index (Phi) is 9.81. The Hall–Kier alpha value is -2.58. The monoisotopic (exact) mass is 329 g/mol. The maximum absolute atomic E-state index is 11.8. The van der Waals surface area contributed by atoms with Crippen LogP contribution in [0.5, 0.6) is 0 Å². The zero-order chi connectivity index (χ0) is 17.8. The molecule has 130 valence electrons. The minimum atomic E-state index is -0.891. The van der Waals surface area contributed by atoms with Crippen molar-refractivity contribution < 1.29 is 28.9 Å². The van der Waals surface area contributed by atoms with Gasteiger partial charge in [-0.25, -0.2) is 4.79 Å². The smallest absolute Gasteiger partial charge is 0.349 e. The van der Waals surface area contributed by atoms with Gasteiger partial charge in [0.05, 0.1) is 26.2 Å². The number of hydrogen-bond acceptors (Lipinski definition) is 8. The standard InChI is InChI=1S/C14H23N3O6/c1-5-21-10(18)8-9(4)16-17-12(15)11(13(19)22-6-2)14(20)23-7-3/h19H,5-8H2,1-4H3,(H2,15,17). The van der Waals surface area contributed by atoms with Gasteiger partial charge in [0, 0.05) is 5.71 Å². The Morgan fingerprint density at radius 1 is 1.00 bits per heavy atom. The summed E-state index contributed by atoms with van der Waals surface area (Å²) < 4.78 is 14.4. The SMILES string of the molecule is CCOC(=O)CC(C)=NN=C(N)C(C(=O)OCC)=C(O)OCC. The van der Waals surface area contributed by atoms with Crippen molar-refractivity contribution in [3.05, 3.63) is 11.5 Å². The molecule has 0 heterocycles. The molecule has 0 aliphatic rings. The first kappa shape index (κ1) is 20.4. The number of rotatable bonds is 9. The summed E-state index contributed by atoms with van der Waals surface area (Å²) in [5.41, 5.74) is 5.54. The Morgan fingerprint density at radius 3 is 2.09 bits per heavy atom. The van der Waals surface area contributed by atoms with Gasteiger partial charge in [0.2, 0.25) is 0 Å². The largest absolute Gasteiger partial charge is 0.480 e. The lowest BCUT2D eigenvalue weighted by Crippen LogP contribution is -2.25. The molecule has 0 fully saturated rings. The van der Waals surface area contributed by atoms with Gasteiger partial charge in [-0.15, -0.1) is 5.10 Å². The molecule has 0 aliphatic heterocycles. The van der Waals surface area contributed by atoms with Gasteiger partial charge in [0.25, 0.3) is 5.95 Å². The van der Waals surface area contributed by atoms with Crippen LogP contribution < -0.4 is 5.73 Å². The van der Waals surface area contributed by atoms with E-state index in [4.69, 9.17) is 19.9 Å². The van der Waals surface area contributed by atoms with Crippen molar-refractivity contribution >= 4 is 23.5 Å². The highest BCUT2D eigenvalue weighted by molar-refractivity contribution is 6.18. The van der Waals surface area contributed by atoms with E-state index in [9.17, 15) is 14.7 Å². The number of amidine groups is 1. The van der Waals surface area contributed by atoms with Gasteiger partial charge < -0.3 is 25.1 Å². The van der Waals surface area contributed by atoms with Crippen LogP contribution in [0.4, 0.5) is 0 Å². The molecule has 0 aliphatic carbocycles. The van der Waals surface area contributed by atoms with Gasteiger partial charge in [-0.1, -0.05) is 0 Å². The van der Waals surface area contributed by atoms with Gasteiger partial charge in [-0.2, -0.15) is 5.10 Å². The van der Waals surface area contributed by atoms with E-state index in [1.807, 2.05) is 0 Å². The van der Waals surface area contributed by atoms with Crippen LogP contribution in [0.15, 0.2) is 21.7 Å². The molecule has 9 heteroatoms. The summed E-state index contributed by atoms with van der Waals surface area (Å²) in [6.07, 6.45) is -0.0689. The molecule has 0 unspecified atom stereocenters. The van der Waals surface area contributed by atoms with Crippen LogP contribution in [0.2, 0.25) is 0 Å². The molecule has 0 rings (SSSR count). The molecule has 3 N–H and O–H groups in total. The molecule has 0 aromatic rings. The number of aliphatic hydroxyl groups is 1. The topological polar surface area (TPSA) is 133 Å². The van der Waals surface area contributed by atoms with E-state index in [2.05, 4.69) is 10.2 Å². The molecule has 9 nitrogen and oxygen atoms in total. The molecule has 0 radical (unpaired) electrons. The molecule has 0 aromatic carbocycles. The first-order chi connectivity index (χ1) is 10.9. The maximum Gasteiger partial charge on any atom is 0.349 e. The van der Waals surface area contributed by atoms with E-state index >= 15 is 0 Å². The number of hydrogen-bond donors (Lipinski definition) is 2. The fourth-order valence-corrected chi connectivity index (χ4v) is 1.36. The minimum absolute atomic E-state index is 0.0689. The van der Waals surface area contributed by atoms with Gasteiger partial charge in [0.15, 0.2) is 11.4 Å². The van der Waals surface area contributed by atoms with Crippen molar-refractivity contribution in [2.45, 2.75) is 34.1 Å². The molecule has 0 atom stereocenters. The highest BCUT2D eigenvalue weighted by atomic mass is 16.6. The molecule has 0 spiro atoms. The predicted octanol–water partition coefficient (Wildman–Crippen LogP) is 1.04. The zero-order valence-corrected chi connectivity index (χ0v) is 13.8. The Labute approximate surface area is 134 Å². The number of carbonyl (C=O) groups is 2. The number of nitrogens with zero attached hydrogens (tertiary/aromatic N) is 2. The fourth-order valence-electron chi connectivity index (χ4n) is 1.36. The normalized spacial score (nSPS) is 13.2. The second kappa shape index (κ2) is 11.0. The molecule has 23 heavy (non-hydrogen) atoms. The maximum atomic E-state index is 11.8. The lowest BCUT2D eigenvalue weighted by Gasteiger charge is -2.08. The summed E-state index contributed by atoms with van der Waals surface area (Å²) in [6, 6.07) is 0. The quantitative estimate of drug-likeness (QED) is 0.161. The number of ether oxygens (including phenoxy) is 3. The van der Waals surface area contributed by atoms with E-state index in [1.165, 1.54) is 0 Å². The lowest BCUT2D eigenvalue weighted by molar-refractivity contribution is -0.141. The third-order valence-electron chi connectivity index (χ3n) is 2.26. The molecule has 0 aromatic heterocycles. The van der Waals surface area contributed by atoms with Crippen LogP contribution in [0.25, 0.3) is 0 Å². The van der Waals surface area contributed by atoms with E-state index in [0.29, 0.717) is 5.71 Å². The summed E-state index contributed by atoms with van der Waals surface area (Å²) in [5.74, 6) is -2.44. The van der Waals surface area contributed by atoms with E-state index in [0.717, 1.165) is 0 Å². The van der Waals surface area contributed by atoms with E-state index < -0.39 is 29.3 Å². The van der Waals surface area contributed by atoms with Crippen LogP contribution in [0, 0.1) is 0 Å². The van der Waals surface area contributed by atoms with Crippen molar-refractivity contribution in [1.29, 1.82) is 0 Å². The summed E-state index contributed by atoms with van der Waals surface area (Å²) in [5, 5.41) is 17.1. The summed E-state index contributed by atoms with van der Waals surface area (Å²) in [7, 11) is 0. The van der Waals surface area contributed by atoms with E-state index in [-0.39, 0.29) is 26.2 Å². The Balaban J connectivity index is 5.28. The van der Waals surface area contributed by atoms with Crippen molar-refractivity contribution in [2.24, 2.45) is 15.9 Å². The highest BCUT2D eigenvalue weighted by Gasteiger charge is 2.22. The summed E-state index contributed by atoms with van der Waals surface area (Å²) >= 11 is 0. The lowest BCUT2D eigenvalue weighted by atomic mass is 10.2. The molecule has 0 amide bonds. The average molecular weight is 329 g/mol. The highest BCUT2D eigenvalue weighted by Crippen LogP contribution is 2.07. The van der Waals surface area contributed by atoms with Crippen LogP contribution in [0.1, 0.15) is 34.1 Å². The number of nitrogens with two attached hydrogens (primary N) is 1. The van der Waals surface area contributed by atoms with Gasteiger partial charge in [-0.05, 0) is 27.7 Å². The van der Waals surface area contributed by atoms with Crippen molar-refractivity contribution in [1.82, 2.24) is 0 Å². The Morgan fingerprint density at radius 2 is 1.57 bits per heavy atom. The molecule has 0 bridgehead atoms. The molecular formula is C14H23N3O6. The van der Waals surface area contributed by atoms with Crippen molar-refractivity contribution in [3.8, 4) is 0 Å². The second-order valence-corrected chi connectivity index (χ2v) is 4.14. The van der Waals surface area contributed by atoms with E-state index in [1.54, 1.807) is 27.7 Å². The number of esters is 2. The average Bonchev–Trinajstić information content (AvgIpc) is 2.46. The minimum Gasteiger partial charge on any atom is -0.480 e. The fraction of sp³-hybridized carbons (Fsp3) is 0.571. The van der Waals surface area contributed by atoms with Crippen molar-refractivity contribution in [3.63, 3.8) is 0 Å². The zero-order valence-electron chi connectivity index (χ0n) is 13.8. The van der Waals surface area contributed by atoms with Gasteiger partial charge in [0.1, 0.15) is 0 Å². The number of carbonyl (C=O) groups excluding carboxylic acids is 2. The van der Waals surface area contributed by atoms with Crippen LogP contribution >= 0.6 is 0 Å². The second-order valence-electron chi connectivity index (χ2n) is 4.14. The Bertz CT molecular complexity index is 511. The summed E-state index contributed by atoms with van der Waals surface area (Å²) in [4.78, 5) is 23.1. The molecule has 0 saturated heterocycles. The van der Waals surface area contributed by atoms with Gasteiger partial charge in [-0.3, -0.25) is 4.79 Å². The van der Waals surface area contributed by atoms with Crippen LogP contribution in [0.3, 0.4) is 0 Å². The van der Waals surface area contributed by atoms with Gasteiger partial charge >= 0.3 is 11.9 Å².